The maximum absolute atomic E-state index is 12.8. The van der Waals surface area contributed by atoms with Gasteiger partial charge in [0.25, 0.3) is 5.91 Å². The van der Waals surface area contributed by atoms with Gasteiger partial charge in [-0.25, -0.2) is 0 Å². The number of nitrogens with zero attached hydrogens (tertiary/aromatic N) is 2. The van der Waals surface area contributed by atoms with Gasteiger partial charge in [0.2, 0.25) is 0 Å². The summed E-state index contributed by atoms with van der Waals surface area (Å²) in [6, 6.07) is 4.63. The second-order valence-corrected chi connectivity index (χ2v) is 5.93. The van der Waals surface area contributed by atoms with Crippen molar-refractivity contribution in [3.8, 4) is 0 Å². The summed E-state index contributed by atoms with van der Waals surface area (Å²) in [4.78, 5) is 14.9. The Kier molecular flexibility index (Phi) is 5.24. The predicted molar refractivity (Wildman–Crippen MR) is 82.0 cm³/mol. The SMILES string of the molecule is CNCCC1CCCCN1C(=O)c1cccn1C(C)C. The minimum Gasteiger partial charge on any atom is -0.341 e. The van der Waals surface area contributed by atoms with E-state index in [1.165, 1.54) is 6.42 Å². The molecule has 1 aromatic heterocycles. The number of nitrogens with one attached hydrogen (secondary N) is 1. The van der Waals surface area contributed by atoms with E-state index in [1.807, 2.05) is 25.4 Å². The zero-order valence-electron chi connectivity index (χ0n) is 12.9. The summed E-state index contributed by atoms with van der Waals surface area (Å²) in [6.45, 7) is 6.10. The van der Waals surface area contributed by atoms with Crippen LogP contribution in [0.5, 0.6) is 0 Å². The fourth-order valence-corrected chi connectivity index (χ4v) is 3.05. The molecule has 1 aliphatic heterocycles. The Labute approximate surface area is 122 Å². The normalized spacial score (nSPS) is 19.6. The average Bonchev–Trinajstić information content (AvgIpc) is 2.94. The highest BCUT2D eigenvalue weighted by molar-refractivity contribution is 5.93. The van der Waals surface area contributed by atoms with Gasteiger partial charge in [-0.3, -0.25) is 4.79 Å². The van der Waals surface area contributed by atoms with Crippen molar-refractivity contribution in [1.82, 2.24) is 14.8 Å². The second kappa shape index (κ2) is 6.93. The predicted octanol–water partition coefficient (Wildman–Crippen LogP) is 2.67. The van der Waals surface area contributed by atoms with Crippen LogP contribution in [0.2, 0.25) is 0 Å². The Bertz CT molecular complexity index is 439. The lowest BCUT2D eigenvalue weighted by molar-refractivity contribution is 0.0590. The van der Waals surface area contributed by atoms with Gasteiger partial charge in [0.05, 0.1) is 0 Å². The molecule has 20 heavy (non-hydrogen) atoms. The molecular weight excluding hydrogens is 250 g/mol. The summed E-state index contributed by atoms with van der Waals surface area (Å²) in [6.07, 6.45) is 6.55. The van der Waals surface area contributed by atoms with E-state index in [4.69, 9.17) is 0 Å². The van der Waals surface area contributed by atoms with Crippen LogP contribution in [0.15, 0.2) is 18.3 Å². The Morgan fingerprint density at radius 1 is 1.45 bits per heavy atom. The van der Waals surface area contributed by atoms with Crippen molar-refractivity contribution < 1.29 is 4.79 Å². The summed E-state index contributed by atoms with van der Waals surface area (Å²) in [5.41, 5.74) is 0.830. The fourth-order valence-electron chi connectivity index (χ4n) is 3.05. The molecule has 1 fully saturated rings. The first-order chi connectivity index (χ1) is 9.65. The first kappa shape index (κ1) is 15.1. The first-order valence-electron chi connectivity index (χ1n) is 7.77. The molecule has 0 aromatic carbocycles. The van der Waals surface area contributed by atoms with Gasteiger partial charge in [-0.1, -0.05) is 0 Å². The van der Waals surface area contributed by atoms with Gasteiger partial charge < -0.3 is 14.8 Å². The number of carbonyl (C=O) groups is 1. The number of piperidine rings is 1. The molecule has 0 aliphatic carbocycles. The monoisotopic (exact) mass is 277 g/mol. The van der Waals surface area contributed by atoms with E-state index in [1.54, 1.807) is 0 Å². The van der Waals surface area contributed by atoms with Crippen molar-refractivity contribution in [3.63, 3.8) is 0 Å². The molecule has 1 aliphatic rings. The summed E-state index contributed by atoms with van der Waals surface area (Å²) in [5, 5.41) is 3.20. The van der Waals surface area contributed by atoms with Crippen LogP contribution in [0.3, 0.4) is 0 Å². The summed E-state index contributed by atoms with van der Waals surface area (Å²) in [7, 11) is 1.97. The Morgan fingerprint density at radius 2 is 2.25 bits per heavy atom. The van der Waals surface area contributed by atoms with E-state index < -0.39 is 0 Å². The summed E-state index contributed by atoms with van der Waals surface area (Å²) in [5.74, 6) is 0.199. The minimum absolute atomic E-state index is 0.199. The molecule has 1 aromatic rings. The number of likely N-dealkylation sites (tertiary alicyclic amines) is 1. The first-order valence-corrected chi connectivity index (χ1v) is 7.77. The summed E-state index contributed by atoms with van der Waals surface area (Å²) >= 11 is 0. The standard InChI is InChI=1S/C16H27N3O/c1-13(2)18-12-6-8-15(18)16(20)19-11-5-4-7-14(19)9-10-17-3/h6,8,12-14,17H,4-5,7,9-11H2,1-3H3. The highest BCUT2D eigenvalue weighted by atomic mass is 16.2. The van der Waals surface area contributed by atoms with E-state index in [2.05, 4.69) is 28.6 Å². The summed E-state index contributed by atoms with van der Waals surface area (Å²) < 4.78 is 2.08. The van der Waals surface area contributed by atoms with Gasteiger partial charge in [-0.05, 0) is 65.3 Å². The van der Waals surface area contributed by atoms with Crippen LogP contribution in [0, 0.1) is 0 Å². The lowest BCUT2D eigenvalue weighted by Crippen LogP contribution is -2.45. The molecule has 0 radical (unpaired) electrons. The molecule has 112 valence electrons. The van der Waals surface area contributed by atoms with Gasteiger partial charge >= 0.3 is 0 Å². The van der Waals surface area contributed by atoms with E-state index >= 15 is 0 Å². The van der Waals surface area contributed by atoms with Gasteiger partial charge in [0.15, 0.2) is 0 Å². The van der Waals surface area contributed by atoms with Crippen LogP contribution >= 0.6 is 0 Å². The molecule has 1 amide bonds. The van der Waals surface area contributed by atoms with Gasteiger partial charge in [0, 0.05) is 24.8 Å². The molecule has 2 heterocycles. The molecule has 1 unspecified atom stereocenters. The molecule has 4 heteroatoms. The molecular formula is C16H27N3O. The smallest absolute Gasteiger partial charge is 0.270 e. The number of hydrogen-bond donors (Lipinski definition) is 1. The molecule has 1 N–H and O–H groups in total. The van der Waals surface area contributed by atoms with E-state index in [9.17, 15) is 4.79 Å². The van der Waals surface area contributed by atoms with Gasteiger partial charge in [0.1, 0.15) is 5.69 Å². The second-order valence-electron chi connectivity index (χ2n) is 5.93. The molecule has 1 saturated heterocycles. The van der Waals surface area contributed by atoms with Crippen LogP contribution in [0.4, 0.5) is 0 Å². The van der Waals surface area contributed by atoms with Crippen LogP contribution < -0.4 is 5.32 Å². The van der Waals surface area contributed by atoms with Crippen LogP contribution in [-0.2, 0) is 0 Å². The van der Waals surface area contributed by atoms with Crippen LogP contribution in [0.25, 0.3) is 0 Å². The number of aromatic nitrogens is 1. The molecule has 4 nitrogen and oxygen atoms in total. The lowest BCUT2D eigenvalue weighted by Gasteiger charge is -2.36. The fraction of sp³-hybridized carbons (Fsp3) is 0.688. The Balaban J connectivity index is 2.14. The number of amides is 1. The molecule has 0 spiro atoms. The van der Waals surface area contributed by atoms with Crippen molar-refractivity contribution in [2.75, 3.05) is 20.1 Å². The van der Waals surface area contributed by atoms with Crippen LogP contribution in [-0.4, -0.2) is 41.6 Å². The van der Waals surface area contributed by atoms with Crippen molar-refractivity contribution in [1.29, 1.82) is 0 Å². The van der Waals surface area contributed by atoms with Gasteiger partial charge in [-0.2, -0.15) is 0 Å². The molecule has 0 saturated carbocycles. The van der Waals surface area contributed by atoms with Crippen molar-refractivity contribution in [2.45, 2.75) is 51.6 Å². The molecule has 0 bridgehead atoms. The largest absolute Gasteiger partial charge is 0.341 e. The van der Waals surface area contributed by atoms with E-state index in [0.717, 1.165) is 38.0 Å². The molecule has 2 rings (SSSR count). The van der Waals surface area contributed by atoms with Gasteiger partial charge in [-0.15, -0.1) is 0 Å². The number of hydrogen-bond acceptors (Lipinski definition) is 2. The Morgan fingerprint density at radius 3 is 2.95 bits per heavy atom. The minimum atomic E-state index is 0.199. The van der Waals surface area contributed by atoms with Crippen LogP contribution in [0.1, 0.15) is 56.1 Å². The third kappa shape index (κ3) is 3.23. The highest BCUT2D eigenvalue weighted by Crippen LogP contribution is 2.23. The van der Waals surface area contributed by atoms with E-state index in [0.29, 0.717) is 12.1 Å². The maximum Gasteiger partial charge on any atom is 0.270 e. The highest BCUT2D eigenvalue weighted by Gasteiger charge is 2.28. The third-order valence-electron chi connectivity index (χ3n) is 4.17. The topological polar surface area (TPSA) is 37.3 Å². The molecule has 1 atom stereocenters. The number of rotatable bonds is 5. The van der Waals surface area contributed by atoms with Crippen molar-refractivity contribution >= 4 is 5.91 Å². The quantitative estimate of drug-likeness (QED) is 0.898. The third-order valence-corrected chi connectivity index (χ3v) is 4.17. The lowest BCUT2D eigenvalue weighted by atomic mass is 9.99. The van der Waals surface area contributed by atoms with Crippen molar-refractivity contribution in [3.05, 3.63) is 24.0 Å². The number of carbonyl (C=O) groups excluding carboxylic acids is 1. The van der Waals surface area contributed by atoms with Crippen molar-refractivity contribution in [2.24, 2.45) is 0 Å². The maximum atomic E-state index is 12.8. The average molecular weight is 277 g/mol. The zero-order chi connectivity index (χ0) is 14.5. The van der Waals surface area contributed by atoms with E-state index in [-0.39, 0.29) is 5.91 Å². The zero-order valence-corrected chi connectivity index (χ0v) is 12.9. The Hall–Kier alpha value is -1.29.